The number of nitrogens with zero attached hydrogens (tertiary/aromatic N) is 5. The van der Waals surface area contributed by atoms with Crippen LogP contribution in [0.3, 0.4) is 0 Å². The summed E-state index contributed by atoms with van der Waals surface area (Å²) in [5.41, 5.74) is 6.94. The number of anilines is 1. The van der Waals surface area contributed by atoms with Gasteiger partial charge in [-0.2, -0.15) is 14.9 Å². The van der Waals surface area contributed by atoms with Crippen LogP contribution in [0.5, 0.6) is 0 Å². The average Bonchev–Trinajstić information content (AvgIpc) is 3.10. The number of benzene rings is 2. The van der Waals surface area contributed by atoms with Gasteiger partial charge in [-0.05, 0) is 31.9 Å². The molecule has 0 spiro atoms. The zero-order valence-corrected chi connectivity index (χ0v) is 17.6. The van der Waals surface area contributed by atoms with E-state index in [2.05, 4.69) is 44.7 Å². The molecule has 7 nitrogen and oxygen atoms in total. The van der Waals surface area contributed by atoms with Gasteiger partial charge in [-0.3, -0.25) is 4.79 Å². The topological polar surface area (TPSA) is 85.6 Å². The number of aromatic nitrogens is 5. The quantitative estimate of drug-likeness (QED) is 0.549. The first-order chi connectivity index (χ1) is 15.0. The Morgan fingerprint density at radius 3 is 2.58 bits per heavy atom. The summed E-state index contributed by atoms with van der Waals surface area (Å²) in [5, 5.41) is 16.0. The summed E-state index contributed by atoms with van der Waals surface area (Å²) in [5.74, 6) is 0.828. The molecule has 0 bridgehead atoms. The maximum absolute atomic E-state index is 12.6. The van der Waals surface area contributed by atoms with E-state index in [1.54, 1.807) is 10.9 Å². The highest BCUT2D eigenvalue weighted by Crippen LogP contribution is 2.40. The number of hydrogen-bond acceptors (Lipinski definition) is 5. The van der Waals surface area contributed by atoms with Crippen molar-refractivity contribution in [1.82, 2.24) is 25.0 Å². The number of fused-ring (bicyclic) bond motifs is 1. The van der Waals surface area contributed by atoms with E-state index in [0.717, 1.165) is 27.9 Å². The monoisotopic (exact) mass is 410 g/mol. The molecule has 0 saturated carbocycles. The predicted molar refractivity (Wildman–Crippen MR) is 118 cm³/mol. The summed E-state index contributed by atoms with van der Waals surface area (Å²) in [4.78, 5) is 17.3. The lowest BCUT2D eigenvalue weighted by Crippen LogP contribution is -2.25. The number of aryl methyl sites for hydroxylation is 3. The molecular formula is C24H22N6O. The van der Waals surface area contributed by atoms with Crippen LogP contribution in [0.4, 0.5) is 5.82 Å². The van der Waals surface area contributed by atoms with Crippen molar-refractivity contribution >= 4 is 11.7 Å². The van der Waals surface area contributed by atoms with Gasteiger partial charge in [0, 0.05) is 23.5 Å². The van der Waals surface area contributed by atoms with Crippen LogP contribution in [0, 0.1) is 20.8 Å². The Bertz CT molecular complexity index is 1290. The molecule has 1 amide bonds. The molecule has 31 heavy (non-hydrogen) atoms. The van der Waals surface area contributed by atoms with Gasteiger partial charge in [0.1, 0.15) is 5.82 Å². The Balaban J connectivity index is 1.63. The van der Waals surface area contributed by atoms with Gasteiger partial charge in [0.25, 0.3) is 5.95 Å². The highest BCUT2D eigenvalue weighted by molar-refractivity contribution is 5.95. The number of rotatable bonds is 3. The van der Waals surface area contributed by atoms with Crippen LogP contribution in [-0.4, -0.2) is 30.9 Å². The molecule has 1 atom stereocenters. The van der Waals surface area contributed by atoms with Crippen molar-refractivity contribution in [3.63, 3.8) is 0 Å². The van der Waals surface area contributed by atoms with E-state index < -0.39 is 0 Å². The highest BCUT2D eigenvalue weighted by atomic mass is 16.1. The Labute approximate surface area is 180 Å². The van der Waals surface area contributed by atoms with E-state index in [-0.39, 0.29) is 11.8 Å². The molecule has 3 heterocycles. The van der Waals surface area contributed by atoms with Gasteiger partial charge in [0.15, 0.2) is 0 Å². The third-order valence-corrected chi connectivity index (χ3v) is 5.75. The van der Waals surface area contributed by atoms with Gasteiger partial charge >= 0.3 is 0 Å². The first kappa shape index (κ1) is 19.1. The Hall–Kier alpha value is -3.87. The molecule has 5 rings (SSSR count). The van der Waals surface area contributed by atoms with Gasteiger partial charge in [0.2, 0.25) is 5.91 Å². The molecular weight excluding hydrogens is 388 g/mol. The number of hydrogen-bond donors (Lipinski definition) is 1. The fourth-order valence-electron chi connectivity index (χ4n) is 4.18. The summed E-state index contributed by atoms with van der Waals surface area (Å²) in [6, 6.07) is 16.2. The predicted octanol–water partition coefficient (Wildman–Crippen LogP) is 4.12. The lowest BCUT2D eigenvalue weighted by molar-refractivity contribution is -0.116. The van der Waals surface area contributed by atoms with E-state index >= 15 is 0 Å². The molecule has 0 radical (unpaired) electrons. The average molecular weight is 410 g/mol. The van der Waals surface area contributed by atoms with Crippen molar-refractivity contribution in [3.8, 4) is 17.2 Å². The van der Waals surface area contributed by atoms with Crippen LogP contribution in [0.1, 0.15) is 40.3 Å². The van der Waals surface area contributed by atoms with Crippen LogP contribution >= 0.6 is 0 Å². The summed E-state index contributed by atoms with van der Waals surface area (Å²) in [6.45, 7) is 6.06. The maximum Gasteiger partial charge on any atom is 0.272 e. The molecule has 154 valence electrons. The fraction of sp³-hybridized carbons (Fsp3) is 0.208. The molecule has 2 aromatic heterocycles. The van der Waals surface area contributed by atoms with Crippen LogP contribution in [0.15, 0.2) is 54.7 Å². The third-order valence-electron chi connectivity index (χ3n) is 5.75. The summed E-state index contributed by atoms with van der Waals surface area (Å²) in [6.07, 6.45) is 2.01. The van der Waals surface area contributed by atoms with Crippen molar-refractivity contribution in [2.45, 2.75) is 33.1 Å². The number of carbonyl (C=O) groups excluding carboxylic acids is 1. The van der Waals surface area contributed by atoms with E-state index in [4.69, 9.17) is 0 Å². The lowest BCUT2D eigenvalue weighted by atomic mass is 9.84. The SMILES string of the molecule is Cc1ccc(-c2cnnc(-n3nc(C)c4c3NC(=O)CC4c3ccccc3C)n2)cc1. The largest absolute Gasteiger partial charge is 0.310 e. The van der Waals surface area contributed by atoms with Crippen molar-refractivity contribution in [1.29, 1.82) is 0 Å². The standard InChI is InChI=1S/C24H22N6O/c1-14-8-10-17(11-9-14)20-13-25-28-24(26-20)30-23-22(16(3)29-30)19(12-21(31)27-23)18-7-5-4-6-15(18)2/h4-11,13,19H,12H2,1-3H3,(H,27,31). The molecule has 1 aliphatic rings. The van der Waals surface area contributed by atoms with Gasteiger partial charge in [-0.1, -0.05) is 54.1 Å². The molecule has 1 N–H and O–H groups in total. The highest BCUT2D eigenvalue weighted by Gasteiger charge is 2.33. The fourth-order valence-corrected chi connectivity index (χ4v) is 4.18. The smallest absolute Gasteiger partial charge is 0.272 e. The summed E-state index contributed by atoms with van der Waals surface area (Å²) < 4.78 is 1.59. The first-order valence-corrected chi connectivity index (χ1v) is 10.2. The van der Waals surface area contributed by atoms with Crippen molar-refractivity contribution in [3.05, 3.63) is 82.7 Å². The van der Waals surface area contributed by atoms with Crippen LogP contribution in [-0.2, 0) is 4.79 Å². The second-order valence-electron chi connectivity index (χ2n) is 7.93. The summed E-state index contributed by atoms with van der Waals surface area (Å²) in [7, 11) is 0. The Kier molecular flexibility index (Phi) is 4.58. The Morgan fingerprint density at radius 1 is 1.03 bits per heavy atom. The third kappa shape index (κ3) is 3.38. The van der Waals surface area contributed by atoms with E-state index in [1.165, 1.54) is 5.56 Å². The van der Waals surface area contributed by atoms with Gasteiger partial charge in [0.05, 0.1) is 17.6 Å². The normalized spacial score (nSPS) is 15.5. The van der Waals surface area contributed by atoms with E-state index in [1.807, 2.05) is 50.2 Å². The second-order valence-corrected chi connectivity index (χ2v) is 7.93. The second kappa shape index (κ2) is 7.43. The van der Waals surface area contributed by atoms with E-state index in [9.17, 15) is 4.79 Å². The van der Waals surface area contributed by atoms with Gasteiger partial charge < -0.3 is 5.32 Å². The van der Waals surface area contributed by atoms with Crippen molar-refractivity contribution in [2.75, 3.05) is 5.32 Å². The molecule has 0 saturated heterocycles. The zero-order valence-electron chi connectivity index (χ0n) is 17.6. The molecule has 1 unspecified atom stereocenters. The van der Waals surface area contributed by atoms with Crippen molar-refractivity contribution < 1.29 is 4.79 Å². The molecule has 2 aromatic carbocycles. The minimum Gasteiger partial charge on any atom is -0.310 e. The van der Waals surface area contributed by atoms with Crippen LogP contribution < -0.4 is 5.32 Å². The minimum atomic E-state index is -0.0630. The minimum absolute atomic E-state index is 0.0513. The van der Waals surface area contributed by atoms with E-state index in [0.29, 0.717) is 23.9 Å². The maximum atomic E-state index is 12.6. The van der Waals surface area contributed by atoms with Gasteiger partial charge in [-0.15, -0.1) is 5.10 Å². The molecule has 0 aliphatic carbocycles. The zero-order chi connectivity index (χ0) is 21.5. The van der Waals surface area contributed by atoms with Crippen LogP contribution in [0.25, 0.3) is 17.2 Å². The lowest BCUT2D eigenvalue weighted by Gasteiger charge is -2.25. The molecule has 7 heteroatoms. The van der Waals surface area contributed by atoms with Crippen LogP contribution in [0.2, 0.25) is 0 Å². The number of carbonyl (C=O) groups is 1. The molecule has 1 aliphatic heterocycles. The van der Waals surface area contributed by atoms with Gasteiger partial charge in [-0.25, -0.2) is 4.98 Å². The summed E-state index contributed by atoms with van der Waals surface area (Å²) >= 11 is 0. The molecule has 4 aromatic rings. The number of nitrogens with one attached hydrogen (secondary N) is 1. The Morgan fingerprint density at radius 2 is 1.81 bits per heavy atom. The van der Waals surface area contributed by atoms with Crippen molar-refractivity contribution in [2.24, 2.45) is 0 Å². The molecule has 0 fully saturated rings. The number of amides is 1. The first-order valence-electron chi connectivity index (χ1n) is 10.2.